The van der Waals surface area contributed by atoms with Crippen LogP contribution in [0.2, 0.25) is 5.02 Å². The predicted octanol–water partition coefficient (Wildman–Crippen LogP) is 4.02. The molecule has 92 valence electrons. The second-order valence-electron chi connectivity index (χ2n) is 4.31. The van der Waals surface area contributed by atoms with E-state index in [0.29, 0.717) is 0 Å². The topological polar surface area (TPSA) is 18.5 Å². The van der Waals surface area contributed by atoms with Crippen LogP contribution >= 0.6 is 11.6 Å². The molecular weight excluding hydrogens is 248 g/mol. The van der Waals surface area contributed by atoms with Crippen LogP contribution < -0.4 is 9.47 Å². The molecule has 0 saturated carbocycles. The molecule has 0 spiro atoms. The average molecular weight is 261 g/mol. The molecule has 2 nitrogen and oxygen atoms in total. The second kappa shape index (κ2) is 4.54. The Morgan fingerprint density at radius 3 is 2.83 bits per heavy atom. The Labute approximate surface area is 111 Å². The van der Waals surface area contributed by atoms with Crippen molar-refractivity contribution in [2.45, 2.75) is 12.5 Å². The molecule has 0 bridgehead atoms. The summed E-state index contributed by atoms with van der Waals surface area (Å²) in [5.41, 5.74) is 2.20. The molecule has 0 radical (unpaired) electrons. The van der Waals surface area contributed by atoms with Gasteiger partial charge in [-0.3, -0.25) is 0 Å². The van der Waals surface area contributed by atoms with E-state index < -0.39 is 0 Å². The van der Waals surface area contributed by atoms with Crippen LogP contribution in [0.3, 0.4) is 0 Å². The van der Waals surface area contributed by atoms with Gasteiger partial charge in [-0.15, -0.1) is 0 Å². The van der Waals surface area contributed by atoms with Crippen molar-refractivity contribution in [1.82, 2.24) is 0 Å². The zero-order valence-electron chi connectivity index (χ0n) is 10.0. The number of benzene rings is 2. The van der Waals surface area contributed by atoms with Gasteiger partial charge in [-0.25, -0.2) is 0 Å². The summed E-state index contributed by atoms with van der Waals surface area (Å²) >= 11 is 6.20. The minimum Gasteiger partial charge on any atom is -0.497 e. The highest BCUT2D eigenvalue weighted by molar-refractivity contribution is 6.31. The highest BCUT2D eigenvalue weighted by Gasteiger charge is 2.26. The van der Waals surface area contributed by atoms with Crippen molar-refractivity contribution < 1.29 is 9.47 Å². The summed E-state index contributed by atoms with van der Waals surface area (Å²) in [6, 6.07) is 13.7. The monoisotopic (exact) mass is 260 g/mol. The molecule has 18 heavy (non-hydrogen) atoms. The third kappa shape index (κ3) is 1.93. The fourth-order valence-corrected chi connectivity index (χ4v) is 2.52. The molecule has 2 aromatic rings. The number of rotatable bonds is 2. The Morgan fingerprint density at radius 2 is 2.06 bits per heavy atom. The van der Waals surface area contributed by atoms with Crippen LogP contribution in [0.5, 0.6) is 11.5 Å². The van der Waals surface area contributed by atoms with Crippen LogP contribution in [-0.4, -0.2) is 7.11 Å². The van der Waals surface area contributed by atoms with Crippen molar-refractivity contribution >= 4 is 11.6 Å². The lowest BCUT2D eigenvalue weighted by Gasteiger charge is -2.12. The molecule has 0 saturated heterocycles. The summed E-state index contributed by atoms with van der Waals surface area (Å²) in [4.78, 5) is 0. The number of ether oxygens (including phenoxy) is 2. The Hall–Kier alpha value is -1.67. The van der Waals surface area contributed by atoms with Crippen LogP contribution in [0.15, 0.2) is 42.5 Å². The molecule has 0 amide bonds. The van der Waals surface area contributed by atoms with Gasteiger partial charge in [-0.05, 0) is 24.3 Å². The standard InChI is InChI=1S/C15H13ClO2/c1-17-11-6-7-14-10(8-11)9-15(18-14)12-4-2-3-5-13(12)16/h2-8,15H,9H2,1H3. The normalized spacial score (nSPS) is 17.1. The van der Waals surface area contributed by atoms with Gasteiger partial charge < -0.3 is 9.47 Å². The third-order valence-corrected chi connectivity index (χ3v) is 3.54. The maximum atomic E-state index is 6.20. The number of methoxy groups -OCH3 is 1. The van der Waals surface area contributed by atoms with Crippen molar-refractivity contribution in [3.05, 3.63) is 58.6 Å². The predicted molar refractivity (Wildman–Crippen MR) is 71.5 cm³/mol. The molecule has 3 heteroatoms. The number of fused-ring (bicyclic) bond motifs is 1. The molecule has 1 unspecified atom stereocenters. The van der Waals surface area contributed by atoms with Gasteiger partial charge >= 0.3 is 0 Å². The molecule has 0 aliphatic carbocycles. The molecular formula is C15H13ClO2. The van der Waals surface area contributed by atoms with E-state index in [-0.39, 0.29) is 6.10 Å². The van der Waals surface area contributed by atoms with Gasteiger partial charge in [0, 0.05) is 22.6 Å². The number of hydrogen-bond acceptors (Lipinski definition) is 2. The van der Waals surface area contributed by atoms with E-state index in [1.54, 1.807) is 7.11 Å². The number of hydrogen-bond donors (Lipinski definition) is 0. The molecule has 1 aliphatic heterocycles. The first-order chi connectivity index (χ1) is 8.78. The lowest BCUT2D eigenvalue weighted by atomic mass is 10.0. The first-order valence-corrected chi connectivity index (χ1v) is 6.24. The lowest BCUT2D eigenvalue weighted by Crippen LogP contribution is -2.03. The summed E-state index contributed by atoms with van der Waals surface area (Å²) in [6.45, 7) is 0. The zero-order valence-corrected chi connectivity index (χ0v) is 10.8. The van der Waals surface area contributed by atoms with Gasteiger partial charge in [-0.2, -0.15) is 0 Å². The van der Waals surface area contributed by atoms with E-state index in [0.717, 1.165) is 28.5 Å². The summed E-state index contributed by atoms with van der Waals surface area (Å²) in [7, 11) is 1.67. The Morgan fingerprint density at radius 1 is 1.22 bits per heavy atom. The Kier molecular flexibility index (Phi) is 2.88. The van der Waals surface area contributed by atoms with Crippen LogP contribution in [-0.2, 0) is 6.42 Å². The minimum atomic E-state index is 0.000746. The van der Waals surface area contributed by atoms with E-state index in [9.17, 15) is 0 Å². The summed E-state index contributed by atoms with van der Waals surface area (Å²) in [5, 5.41) is 0.752. The third-order valence-electron chi connectivity index (χ3n) is 3.19. The van der Waals surface area contributed by atoms with Gasteiger partial charge in [0.05, 0.1) is 7.11 Å². The summed E-state index contributed by atoms with van der Waals surface area (Å²) in [5.74, 6) is 1.78. The summed E-state index contributed by atoms with van der Waals surface area (Å²) < 4.78 is 11.2. The highest BCUT2D eigenvalue weighted by Crippen LogP contribution is 2.40. The molecule has 0 aromatic heterocycles. The van der Waals surface area contributed by atoms with E-state index in [2.05, 4.69) is 0 Å². The van der Waals surface area contributed by atoms with E-state index in [4.69, 9.17) is 21.1 Å². The molecule has 1 atom stereocenters. The first-order valence-electron chi connectivity index (χ1n) is 5.86. The van der Waals surface area contributed by atoms with Crippen molar-refractivity contribution in [2.24, 2.45) is 0 Å². The highest BCUT2D eigenvalue weighted by atomic mass is 35.5. The van der Waals surface area contributed by atoms with Crippen molar-refractivity contribution in [1.29, 1.82) is 0 Å². The first kappa shape index (κ1) is 11.4. The number of halogens is 1. The van der Waals surface area contributed by atoms with Gasteiger partial charge in [0.1, 0.15) is 17.6 Å². The van der Waals surface area contributed by atoms with Crippen molar-refractivity contribution in [2.75, 3.05) is 7.11 Å². The Bertz CT molecular complexity index is 580. The zero-order chi connectivity index (χ0) is 12.5. The fraction of sp³-hybridized carbons (Fsp3) is 0.200. The average Bonchev–Trinajstić information content (AvgIpc) is 2.81. The largest absolute Gasteiger partial charge is 0.497 e. The van der Waals surface area contributed by atoms with Gasteiger partial charge in [0.25, 0.3) is 0 Å². The molecule has 1 aliphatic rings. The second-order valence-corrected chi connectivity index (χ2v) is 4.71. The molecule has 2 aromatic carbocycles. The quantitative estimate of drug-likeness (QED) is 0.812. The van der Waals surface area contributed by atoms with E-state index >= 15 is 0 Å². The summed E-state index contributed by atoms with van der Waals surface area (Å²) in [6.07, 6.45) is 0.830. The SMILES string of the molecule is COc1ccc2c(c1)CC(c1ccccc1Cl)O2. The van der Waals surface area contributed by atoms with Gasteiger partial charge in [0.2, 0.25) is 0 Å². The maximum Gasteiger partial charge on any atom is 0.129 e. The molecule has 1 heterocycles. The fourth-order valence-electron chi connectivity index (χ4n) is 2.26. The molecule has 0 fully saturated rings. The van der Waals surface area contributed by atoms with E-state index in [1.165, 1.54) is 5.56 Å². The van der Waals surface area contributed by atoms with Crippen LogP contribution in [0.4, 0.5) is 0 Å². The van der Waals surface area contributed by atoms with Gasteiger partial charge in [-0.1, -0.05) is 29.8 Å². The minimum absolute atomic E-state index is 0.000746. The van der Waals surface area contributed by atoms with E-state index in [1.807, 2.05) is 42.5 Å². The smallest absolute Gasteiger partial charge is 0.129 e. The molecule has 0 N–H and O–H groups in total. The van der Waals surface area contributed by atoms with Crippen molar-refractivity contribution in [3.63, 3.8) is 0 Å². The van der Waals surface area contributed by atoms with Gasteiger partial charge in [0.15, 0.2) is 0 Å². The lowest BCUT2D eigenvalue weighted by molar-refractivity contribution is 0.239. The van der Waals surface area contributed by atoms with Crippen LogP contribution in [0.25, 0.3) is 0 Å². The maximum absolute atomic E-state index is 6.20. The molecule has 3 rings (SSSR count). The Balaban J connectivity index is 1.91. The van der Waals surface area contributed by atoms with Crippen LogP contribution in [0.1, 0.15) is 17.2 Å². The van der Waals surface area contributed by atoms with Crippen LogP contribution in [0, 0.1) is 0 Å². The van der Waals surface area contributed by atoms with Crippen molar-refractivity contribution in [3.8, 4) is 11.5 Å².